The van der Waals surface area contributed by atoms with Crippen LogP contribution in [0.25, 0.3) is 0 Å². The lowest BCUT2D eigenvalue weighted by Crippen LogP contribution is -2.44. The minimum atomic E-state index is -0.210. The maximum Gasteiger partial charge on any atom is 0.225 e. The molecule has 0 radical (unpaired) electrons. The van der Waals surface area contributed by atoms with E-state index in [2.05, 4.69) is 34.6 Å². The molecule has 0 saturated carbocycles. The Balaban J connectivity index is 2.43. The van der Waals surface area contributed by atoms with Crippen molar-refractivity contribution in [1.29, 1.82) is 0 Å². The average molecular weight is 297 g/mol. The molecule has 1 unspecified atom stereocenters. The summed E-state index contributed by atoms with van der Waals surface area (Å²) >= 11 is 0. The van der Waals surface area contributed by atoms with Gasteiger partial charge in [0.05, 0.1) is 6.10 Å². The Hall–Kier alpha value is -0.570. The lowest BCUT2D eigenvalue weighted by Gasteiger charge is -2.34. The van der Waals surface area contributed by atoms with Gasteiger partial charge in [-0.05, 0) is 37.0 Å². The van der Waals surface area contributed by atoms with E-state index < -0.39 is 0 Å². The molecular weight excluding hydrogens is 262 g/mol. The number of hydrogen-bond acceptors (Lipinski definition) is 2. The Morgan fingerprint density at radius 2 is 1.76 bits per heavy atom. The third kappa shape index (κ3) is 6.82. The highest BCUT2D eigenvalue weighted by molar-refractivity contribution is 5.79. The van der Waals surface area contributed by atoms with Gasteiger partial charge in [0.2, 0.25) is 5.91 Å². The molecule has 3 heteroatoms. The first-order valence-electron chi connectivity index (χ1n) is 8.67. The molecule has 0 aromatic carbocycles. The molecule has 1 atom stereocenters. The summed E-state index contributed by atoms with van der Waals surface area (Å²) in [6.45, 7) is 12.6. The fraction of sp³-hybridized carbons (Fsp3) is 0.944. The van der Waals surface area contributed by atoms with Crippen LogP contribution >= 0.6 is 0 Å². The number of carbonyl (C=O) groups excluding carboxylic acids is 1. The molecule has 1 aliphatic heterocycles. The summed E-state index contributed by atoms with van der Waals surface area (Å²) in [4.78, 5) is 14.7. The molecule has 1 saturated heterocycles. The number of carbonyl (C=O) groups is 1. The summed E-state index contributed by atoms with van der Waals surface area (Å²) in [6.07, 6.45) is 5.84. The van der Waals surface area contributed by atoms with E-state index in [4.69, 9.17) is 0 Å². The lowest BCUT2D eigenvalue weighted by atomic mass is 9.85. The summed E-state index contributed by atoms with van der Waals surface area (Å²) in [5, 5.41) is 9.57. The fourth-order valence-electron chi connectivity index (χ4n) is 3.08. The van der Waals surface area contributed by atoms with Gasteiger partial charge in [0.1, 0.15) is 0 Å². The zero-order chi connectivity index (χ0) is 16.0. The molecule has 3 nitrogen and oxygen atoms in total. The van der Waals surface area contributed by atoms with E-state index in [1.165, 1.54) is 12.8 Å². The monoisotopic (exact) mass is 297 g/mol. The number of aliphatic hydroxyl groups excluding tert-OH is 1. The summed E-state index contributed by atoms with van der Waals surface area (Å²) in [5.74, 6) is 0.867. The summed E-state index contributed by atoms with van der Waals surface area (Å²) in [7, 11) is 0. The van der Waals surface area contributed by atoms with Crippen molar-refractivity contribution in [1.82, 2.24) is 4.90 Å². The minimum absolute atomic E-state index is 0.153. The largest absolute Gasteiger partial charge is 0.393 e. The van der Waals surface area contributed by atoms with Gasteiger partial charge in [-0.25, -0.2) is 0 Å². The topological polar surface area (TPSA) is 40.5 Å². The third-order valence-corrected chi connectivity index (χ3v) is 4.59. The Bertz CT molecular complexity index is 312. The van der Waals surface area contributed by atoms with Crippen molar-refractivity contribution in [3.63, 3.8) is 0 Å². The number of piperidine rings is 1. The second kappa shape index (κ2) is 8.17. The Morgan fingerprint density at radius 1 is 1.19 bits per heavy atom. The molecule has 0 aromatic heterocycles. The Morgan fingerprint density at radius 3 is 2.24 bits per heavy atom. The van der Waals surface area contributed by atoms with Gasteiger partial charge >= 0.3 is 0 Å². The van der Waals surface area contributed by atoms with Gasteiger partial charge in [0.25, 0.3) is 0 Å². The smallest absolute Gasteiger partial charge is 0.225 e. The van der Waals surface area contributed by atoms with Crippen molar-refractivity contribution >= 4 is 5.91 Å². The first-order chi connectivity index (χ1) is 9.70. The molecule has 1 fully saturated rings. The van der Waals surface area contributed by atoms with Gasteiger partial charge < -0.3 is 10.0 Å². The van der Waals surface area contributed by atoms with E-state index in [1.807, 2.05) is 4.90 Å². The molecule has 0 aromatic rings. The molecule has 1 amide bonds. The maximum absolute atomic E-state index is 12.7. The van der Waals surface area contributed by atoms with Crippen LogP contribution < -0.4 is 0 Å². The highest BCUT2D eigenvalue weighted by atomic mass is 16.3. The van der Waals surface area contributed by atoms with E-state index >= 15 is 0 Å². The normalized spacial score (nSPS) is 19.1. The van der Waals surface area contributed by atoms with E-state index in [9.17, 15) is 9.90 Å². The van der Waals surface area contributed by atoms with Crippen LogP contribution in [0, 0.1) is 17.3 Å². The molecule has 1 N–H and O–H groups in total. The summed E-state index contributed by atoms with van der Waals surface area (Å²) < 4.78 is 0. The van der Waals surface area contributed by atoms with Crippen molar-refractivity contribution in [2.24, 2.45) is 17.3 Å². The SMILES string of the molecule is CC(C)C(CCCCC(C)(C)C)C(=O)N1CCC(O)CC1. The molecule has 0 aliphatic carbocycles. The van der Waals surface area contributed by atoms with Gasteiger partial charge in [-0.15, -0.1) is 0 Å². The number of rotatable bonds is 6. The van der Waals surface area contributed by atoms with Crippen molar-refractivity contribution in [2.45, 2.75) is 79.2 Å². The van der Waals surface area contributed by atoms with E-state index in [0.717, 1.165) is 38.8 Å². The molecule has 1 aliphatic rings. The molecule has 0 spiro atoms. The zero-order valence-corrected chi connectivity index (χ0v) is 14.7. The van der Waals surface area contributed by atoms with Gasteiger partial charge in [0.15, 0.2) is 0 Å². The minimum Gasteiger partial charge on any atom is -0.393 e. The first kappa shape index (κ1) is 18.5. The standard InChI is InChI=1S/C18H35NO2/c1-14(2)16(8-6-7-11-18(3,4)5)17(21)19-12-9-15(20)10-13-19/h14-16,20H,6-13H2,1-5H3. The molecule has 0 bridgehead atoms. The zero-order valence-electron chi connectivity index (χ0n) is 14.7. The number of aliphatic hydroxyl groups is 1. The van der Waals surface area contributed by atoms with Crippen LogP contribution in [0.4, 0.5) is 0 Å². The molecule has 1 rings (SSSR count). The number of unbranched alkanes of at least 4 members (excludes halogenated alkanes) is 1. The second-order valence-electron chi connectivity index (χ2n) is 8.21. The van der Waals surface area contributed by atoms with Crippen molar-refractivity contribution in [2.75, 3.05) is 13.1 Å². The van der Waals surface area contributed by atoms with Crippen molar-refractivity contribution in [3.05, 3.63) is 0 Å². The Labute approximate surface area is 131 Å². The van der Waals surface area contributed by atoms with E-state index in [1.54, 1.807) is 0 Å². The third-order valence-electron chi connectivity index (χ3n) is 4.59. The second-order valence-corrected chi connectivity index (χ2v) is 8.21. The van der Waals surface area contributed by atoms with Crippen LogP contribution in [-0.4, -0.2) is 35.1 Å². The predicted octanol–water partition coefficient (Wildman–Crippen LogP) is 3.85. The summed E-state index contributed by atoms with van der Waals surface area (Å²) in [6, 6.07) is 0. The average Bonchev–Trinajstić information content (AvgIpc) is 2.37. The van der Waals surface area contributed by atoms with Crippen LogP contribution in [0.2, 0.25) is 0 Å². The lowest BCUT2D eigenvalue weighted by molar-refractivity contribution is -0.139. The molecule has 1 heterocycles. The maximum atomic E-state index is 12.7. The predicted molar refractivity (Wildman–Crippen MR) is 88.1 cm³/mol. The number of hydrogen-bond donors (Lipinski definition) is 1. The van der Waals surface area contributed by atoms with E-state index in [-0.39, 0.29) is 12.0 Å². The van der Waals surface area contributed by atoms with Gasteiger partial charge in [-0.3, -0.25) is 4.79 Å². The van der Waals surface area contributed by atoms with Gasteiger partial charge in [-0.2, -0.15) is 0 Å². The van der Waals surface area contributed by atoms with Gasteiger partial charge in [0, 0.05) is 19.0 Å². The highest BCUT2D eigenvalue weighted by Gasteiger charge is 2.29. The van der Waals surface area contributed by atoms with Crippen LogP contribution in [0.1, 0.15) is 73.1 Å². The summed E-state index contributed by atoms with van der Waals surface area (Å²) in [5.41, 5.74) is 0.389. The fourth-order valence-corrected chi connectivity index (χ4v) is 3.08. The van der Waals surface area contributed by atoms with Crippen LogP contribution in [0.3, 0.4) is 0 Å². The number of amides is 1. The van der Waals surface area contributed by atoms with Gasteiger partial charge in [-0.1, -0.05) is 47.5 Å². The Kier molecular flexibility index (Phi) is 7.19. The first-order valence-corrected chi connectivity index (χ1v) is 8.67. The van der Waals surface area contributed by atoms with Crippen LogP contribution in [0.5, 0.6) is 0 Å². The molecule has 21 heavy (non-hydrogen) atoms. The van der Waals surface area contributed by atoms with Crippen molar-refractivity contribution < 1.29 is 9.90 Å². The quantitative estimate of drug-likeness (QED) is 0.757. The van der Waals surface area contributed by atoms with Crippen molar-refractivity contribution in [3.8, 4) is 0 Å². The number of likely N-dealkylation sites (tertiary alicyclic amines) is 1. The molecule has 124 valence electrons. The van der Waals surface area contributed by atoms with Crippen LogP contribution in [-0.2, 0) is 4.79 Å². The molecular formula is C18H35NO2. The van der Waals surface area contributed by atoms with Crippen LogP contribution in [0.15, 0.2) is 0 Å². The van der Waals surface area contributed by atoms with E-state index in [0.29, 0.717) is 17.2 Å². The number of nitrogens with zero attached hydrogens (tertiary/aromatic N) is 1. The highest BCUT2D eigenvalue weighted by Crippen LogP contribution is 2.26.